The molecule has 0 unspecified atom stereocenters. The minimum Gasteiger partial charge on any atom is -0.390 e. The van der Waals surface area contributed by atoms with Crippen molar-refractivity contribution in [1.29, 1.82) is 0 Å². The number of aliphatic hydroxyl groups is 1. The van der Waals surface area contributed by atoms with Crippen LogP contribution < -0.4 is 5.32 Å². The Labute approximate surface area is 137 Å². The lowest BCUT2D eigenvalue weighted by Crippen LogP contribution is -2.46. The van der Waals surface area contributed by atoms with Gasteiger partial charge in [-0.15, -0.1) is 0 Å². The monoisotopic (exact) mass is 330 g/mol. The summed E-state index contributed by atoms with van der Waals surface area (Å²) in [6, 6.07) is 13.7. The molecular formula is C16H14N2O2S2. The molecule has 0 spiro atoms. The summed E-state index contributed by atoms with van der Waals surface area (Å²) in [4.78, 5) is 15.4. The molecule has 0 atom stereocenters. The van der Waals surface area contributed by atoms with Crippen LogP contribution in [0.4, 0.5) is 5.69 Å². The zero-order valence-corrected chi connectivity index (χ0v) is 13.3. The Morgan fingerprint density at radius 2 is 2.00 bits per heavy atom. The number of carbonyl (C=O) groups excluding carboxylic acids is 1. The van der Waals surface area contributed by atoms with Crippen molar-refractivity contribution >= 4 is 35.3 Å². The first-order chi connectivity index (χ1) is 10.7. The SMILES string of the molecule is O=C1Nc2cc(SN3CC(O)C3)ccc2Sc2ccccc21. The van der Waals surface area contributed by atoms with Crippen LogP contribution >= 0.6 is 23.7 Å². The molecule has 2 aromatic carbocycles. The van der Waals surface area contributed by atoms with Gasteiger partial charge >= 0.3 is 0 Å². The van der Waals surface area contributed by atoms with Crippen LogP contribution in [0.5, 0.6) is 0 Å². The number of β-amino-alcohol motifs (C(OH)–C–C–N with tert-alkyl or cyclic N) is 1. The van der Waals surface area contributed by atoms with E-state index in [0.717, 1.165) is 20.4 Å². The predicted octanol–water partition coefficient (Wildman–Crippen LogP) is 3.09. The van der Waals surface area contributed by atoms with Gasteiger partial charge in [0.25, 0.3) is 5.91 Å². The van der Waals surface area contributed by atoms with Crippen molar-refractivity contribution in [2.45, 2.75) is 20.8 Å². The lowest BCUT2D eigenvalue weighted by Gasteiger charge is -2.34. The fourth-order valence-electron chi connectivity index (χ4n) is 2.44. The number of rotatable bonds is 2. The Balaban J connectivity index is 1.62. The summed E-state index contributed by atoms with van der Waals surface area (Å²) in [6.07, 6.45) is -0.210. The van der Waals surface area contributed by atoms with Gasteiger partial charge in [0.2, 0.25) is 0 Å². The molecule has 1 saturated heterocycles. The van der Waals surface area contributed by atoms with Crippen LogP contribution in [0.25, 0.3) is 0 Å². The number of hydrogen-bond donors (Lipinski definition) is 2. The van der Waals surface area contributed by atoms with Crippen LogP contribution in [0.3, 0.4) is 0 Å². The maximum absolute atomic E-state index is 12.3. The van der Waals surface area contributed by atoms with Gasteiger partial charge < -0.3 is 10.4 Å². The zero-order valence-electron chi connectivity index (χ0n) is 11.7. The second-order valence-electron chi connectivity index (χ2n) is 5.30. The number of nitrogens with one attached hydrogen (secondary N) is 1. The van der Waals surface area contributed by atoms with Gasteiger partial charge in [-0.2, -0.15) is 0 Å². The first kappa shape index (κ1) is 14.1. The second-order valence-corrected chi connectivity index (χ2v) is 7.56. The van der Waals surface area contributed by atoms with Crippen molar-refractivity contribution in [2.75, 3.05) is 18.4 Å². The van der Waals surface area contributed by atoms with E-state index in [2.05, 4.69) is 15.7 Å². The van der Waals surface area contributed by atoms with Crippen molar-refractivity contribution in [2.24, 2.45) is 0 Å². The number of anilines is 1. The largest absolute Gasteiger partial charge is 0.390 e. The maximum atomic E-state index is 12.3. The molecule has 0 radical (unpaired) electrons. The topological polar surface area (TPSA) is 52.6 Å². The lowest BCUT2D eigenvalue weighted by molar-refractivity contribution is 0.0616. The van der Waals surface area contributed by atoms with Gasteiger partial charge in [0.05, 0.1) is 17.4 Å². The Hall–Kier alpha value is -1.47. The molecule has 4 rings (SSSR count). The standard InChI is InChI=1S/C16H14N2O2S2/c19-10-8-18(9-10)22-11-5-6-15-13(7-11)17-16(20)12-3-1-2-4-14(12)21-15/h1-7,10,19H,8-9H2,(H,17,20). The number of amides is 1. The highest BCUT2D eigenvalue weighted by molar-refractivity contribution is 7.99. The molecule has 2 aliphatic heterocycles. The molecule has 0 saturated carbocycles. The van der Waals surface area contributed by atoms with E-state index in [-0.39, 0.29) is 12.0 Å². The maximum Gasteiger partial charge on any atom is 0.256 e. The lowest BCUT2D eigenvalue weighted by atomic mass is 10.2. The van der Waals surface area contributed by atoms with E-state index in [9.17, 15) is 9.90 Å². The first-order valence-corrected chi connectivity index (χ1v) is 8.61. The van der Waals surface area contributed by atoms with E-state index in [1.807, 2.05) is 36.4 Å². The van der Waals surface area contributed by atoms with Gasteiger partial charge in [0.1, 0.15) is 0 Å². The second kappa shape index (κ2) is 5.62. The summed E-state index contributed by atoms with van der Waals surface area (Å²) >= 11 is 3.22. The fraction of sp³-hybridized carbons (Fsp3) is 0.188. The van der Waals surface area contributed by atoms with E-state index in [0.29, 0.717) is 18.7 Å². The van der Waals surface area contributed by atoms with E-state index in [1.165, 1.54) is 0 Å². The highest BCUT2D eigenvalue weighted by Gasteiger charge is 2.26. The average Bonchev–Trinajstić information content (AvgIpc) is 2.62. The van der Waals surface area contributed by atoms with E-state index in [1.54, 1.807) is 23.7 Å². The number of aliphatic hydroxyl groups excluding tert-OH is 1. The molecule has 0 aromatic heterocycles. The quantitative estimate of drug-likeness (QED) is 0.829. The fourth-order valence-corrected chi connectivity index (χ4v) is 4.55. The van der Waals surface area contributed by atoms with Crippen molar-refractivity contribution in [3.05, 3.63) is 48.0 Å². The average molecular weight is 330 g/mol. The Morgan fingerprint density at radius 1 is 1.18 bits per heavy atom. The zero-order chi connectivity index (χ0) is 15.1. The van der Waals surface area contributed by atoms with Crippen LogP contribution in [0, 0.1) is 0 Å². The number of hydrogen-bond acceptors (Lipinski definition) is 5. The van der Waals surface area contributed by atoms with Gasteiger partial charge in [-0.05, 0) is 42.3 Å². The summed E-state index contributed by atoms with van der Waals surface area (Å²) in [5, 5.41) is 12.3. The van der Waals surface area contributed by atoms with Crippen LogP contribution in [-0.4, -0.2) is 34.5 Å². The Kier molecular flexibility index (Phi) is 3.62. The third-order valence-corrected chi connectivity index (χ3v) is 5.79. The minimum absolute atomic E-state index is 0.0663. The van der Waals surface area contributed by atoms with Crippen molar-refractivity contribution < 1.29 is 9.90 Å². The highest BCUT2D eigenvalue weighted by atomic mass is 32.2. The van der Waals surface area contributed by atoms with Gasteiger partial charge in [-0.1, -0.05) is 23.9 Å². The Bertz CT molecular complexity index is 745. The van der Waals surface area contributed by atoms with E-state index >= 15 is 0 Å². The van der Waals surface area contributed by atoms with Crippen LogP contribution in [0.2, 0.25) is 0 Å². The first-order valence-electron chi connectivity index (χ1n) is 7.02. The number of carbonyl (C=O) groups is 1. The molecule has 0 bridgehead atoms. The molecule has 1 fully saturated rings. The van der Waals surface area contributed by atoms with Crippen LogP contribution in [-0.2, 0) is 0 Å². The van der Waals surface area contributed by atoms with Crippen LogP contribution in [0.15, 0.2) is 57.2 Å². The molecule has 0 aliphatic carbocycles. The van der Waals surface area contributed by atoms with Gasteiger partial charge in [-0.25, -0.2) is 4.31 Å². The van der Waals surface area contributed by atoms with Crippen molar-refractivity contribution in [3.63, 3.8) is 0 Å². The smallest absolute Gasteiger partial charge is 0.256 e. The molecule has 2 aromatic rings. The number of fused-ring (bicyclic) bond motifs is 2. The molecule has 6 heteroatoms. The van der Waals surface area contributed by atoms with Crippen molar-refractivity contribution in [3.8, 4) is 0 Å². The molecule has 112 valence electrons. The van der Waals surface area contributed by atoms with Crippen LogP contribution in [0.1, 0.15) is 10.4 Å². The third kappa shape index (κ3) is 2.63. The molecule has 2 N–H and O–H groups in total. The van der Waals surface area contributed by atoms with Crippen molar-refractivity contribution in [1.82, 2.24) is 4.31 Å². The molecule has 1 amide bonds. The normalized spacial score (nSPS) is 18.0. The molecule has 4 nitrogen and oxygen atoms in total. The molecular weight excluding hydrogens is 316 g/mol. The third-order valence-electron chi connectivity index (χ3n) is 3.61. The van der Waals surface area contributed by atoms with E-state index < -0.39 is 0 Å². The minimum atomic E-state index is -0.210. The molecule has 2 heterocycles. The van der Waals surface area contributed by atoms with Gasteiger partial charge in [-0.3, -0.25) is 4.79 Å². The summed E-state index contributed by atoms with van der Waals surface area (Å²) in [5.74, 6) is -0.0663. The molecule has 22 heavy (non-hydrogen) atoms. The summed E-state index contributed by atoms with van der Waals surface area (Å²) < 4.78 is 2.10. The molecule has 2 aliphatic rings. The predicted molar refractivity (Wildman–Crippen MR) is 88.4 cm³/mol. The van der Waals surface area contributed by atoms with Gasteiger partial charge in [0.15, 0.2) is 0 Å². The summed E-state index contributed by atoms with van der Waals surface area (Å²) in [7, 11) is 0. The van der Waals surface area contributed by atoms with E-state index in [4.69, 9.17) is 0 Å². The number of benzene rings is 2. The van der Waals surface area contributed by atoms with Gasteiger partial charge in [0, 0.05) is 27.8 Å². The highest BCUT2D eigenvalue weighted by Crippen LogP contribution is 2.41. The number of nitrogens with zero attached hydrogens (tertiary/aromatic N) is 1. The summed E-state index contributed by atoms with van der Waals surface area (Å²) in [5.41, 5.74) is 1.56. The summed E-state index contributed by atoms with van der Waals surface area (Å²) in [6.45, 7) is 1.38. The Morgan fingerprint density at radius 3 is 2.82 bits per heavy atom.